The molecule has 1 atom stereocenters. The average Bonchev–Trinajstić information content (AvgIpc) is 2.91. The molecule has 1 aromatic heterocycles. The summed E-state index contributed by atoms with van der Waals surface area (Å²) in [5.74, 6) is 2.11. The minimum absolute atomic E-state index is 0.203. The van der Waals surface area contributed by atoms with E-state index < -0.39 is 0 Å². The first kappa shape index (κ1) is 15.5. The van der Waals surface area contributed by atoms with Crippen LogP contribution in [0.25, 0.3) is 11.4 Å². The summed E-state index contributed by atoms with van der Waals surface area (Å²) in [7, 11) is 0. The Balaban J connectivity index is 2.29. The van der Waals surface area contributed by atoms with Crippen molar-refractivity contribution in [3.63, 3.8) is 0 Å². The predicted octanol–water partition coefficient (Wildman–Crippen LogP) is 3.03. The second-order valence-electron chi connectivity index (χ2n) is 5.33. The largest absolute Gasteiger partial charge is 0.490 e. The molecular weight excluding hydrogens is 266 g/mol. The van der Waals surface area contributed by atoms with Crippen LogP contribution in [0, 0.1) is 13.8 Å². The van der Waals surface area contributed by atoms with Crippen molar-refractivity contribution in [3.8, 4) is 17.1 Å². The Hall–Kier alpha value is -1.88. The number of nitrogens with zero attached hydrogens (tertiary/aromatic N) is 2. The highest BCUT2D eigenvalue weighted by Crippen LogP contribution is 2.30. The molecule has 21 heavy (non-hydrogen) atoms. The molecule has 0 fully saturated rings. The molecule has 0 bridgehead atoms. The lowest BCUT2D eigenvalue weighted by molar-refractivity contribution is 0.214. The van der Waals surface area contributed by atoms with Crippen molar-refractivity contribution in [3.05, 3.63) is 29.2 Å². The van der Waals surface area contributed by atoms with Gasteiger partial charge in [0.25, 0.3) is 0 Å². The molecule has 5 nitrogen and oxygen atoms in total. The molecule has 5 heteroatoms. The fourth-order valence-corrected chi connectivity index (χ4v) is 2.15. The van der Waals surface area contributed by atoms with Gasteiger partial charge in [0.05, 0.1) is 6.10 Å². The zero-order valence-corrected chi connectivity index (χ0v) is 13.1. The Morgan fingerprint density at radius 2 is 1.95 bits per heavy atom. The lowest BCUT2D eigenvalue weighted by Crippen LogP contribution is -2.11. The quantitative estimate of drug-likeness (QED) is 0.884. The van der Waals surface area contributed by atoms with Crippen molar-refractivity contribution >= 4 is 0 Å². The first-order valence-corrected chi connectivity index (χ1v) is 7.36. The lowest BCUT2D eigenvalue weighted by atomic mass is 10.0. The zero-order valence-electron chi connectivity index (χ0n) is 13.1. The Morgan fingerprint density at radius 3 is 2.52 bits per heavy atom. The molecule has 0 amide bonds. The fraction of sp³-hybridized carbons (Fsp3) is 0.500. The summed E-state index contributed by atoms with van der Waals surface area (Å²) in [5, 5.41) is 4.01. The second-order valence-corrected chi connectivity index (χ2v) is 5.33. The number of aryl methyl sites for hydroxylation is 2. The maximum atomic E-state index is 5.98. The highest BCUT2D eigenvalue weighted by Gasteiger charge is 2.13. The summed E-state index contributed by atoms with van der Waals surface area (Å²) in [6.45, 7) is 8.76. The van der Waals surface area contributed by atoms with Crippen LogP contribution in [0.2, 0.25) is 0 Å². The van der Waals surface area contributed by atoms with Gasteiger partial charge in [-0.05, 0) is 50.5 Å². The highest BCUT2D eigenvalue weighted by atomic mass is 16.5. The molecule has 0 aliphatic rings. The molecule has 114 valence electrons. The first-order valence-electron chi connectivity index (χ1n) is 7.36. The summed E-state index contributed by atoms with van der Waals surface area (Å²) in [5.41, 5.74) is 8.59. The Morgan fingerprint density at radius 1 is 1.29 bits per heavy atom. The van der Waals surface area contributed by atoms with E-state index in [-0.39, 0.29) is 6.10 Å². The van der Waals surface area contributed by atoms with Gasteiger partial charge in [0.15, 0.2) is 0 Å². The molecule has 1 aromatic carbocycles. The van der Waals surface area contributed by atoms with E-state index in [4.69, 9.17) is 15.0 Å². The molecule has 1 unspecified atom stereocenters. The van der Waals surface area contributed by atoms with Crippen molar-refractivity contribution in [2.75, 3.05) is 6.54 Å². The molecule has 0 aliphatic carbocycles. The van der Waals surface area contributed by atoms with Gasteiger partial charge in [-0.1, -0.05) is 12.1 Å². The van der Waals surface area contributed by atoms with E-state index >= 15 is 0 Å². The minimum atomic E-state index is 0.203. The summed E-state index contributed by atoms with van der Waals surface area (Å²) in [4.78, 5) is 4.36. The van der Waals surface area contributed by atoms with Gasteiger partial charge in [-0.25, -0.2) is 0 Å². The third kappa shape index (κ3) is 3.61. The minimum Gasteiger partial charge on any atom is -0.490 e. The molecule has 0 saturated heterocycles. The zero-order chi connectivity index (χ0) is 15.4. The summed E-state index contributed by atoms with van der Waals surface area (Å²) in [6, 6.07) is 4.06. The van der Waals surface area contributed by atoms with E-state index in [1.165, 1.54) is 0 Å². The number of hydrogen-bond donors (Lipinski definition) is 1. The van der Waals surface area contributed by atoms with Crippen molar-refractivity contribution in [1.82, 2.24) is 10.1 Å². The SMILES string of the molecule is CCC(C)Oc1c(C)cc(-c2noc(CCN)n2)cc1C. The van der Waals surface area contributed by atoms with Crippen LogP contribution in [0.15, 0.2) is 16.7 Å². The van der Waals surface area contributed by atoms with Crippen molar-refractivity contribution in [1.29, 1.82) is 0 Å². The topological polar surface area (TPSA) is 74.2 Å². The van der Waals surface area contributed by atoms with Crippen LogP contribution in [0.4, 0.5) is 0 Å². The fourth-order valence-electron chi connectivity index (χ4n) is 2.15. The third-order valence-corrected chi connectivity index (χ3v) is 3.44. The van der Waals surface area contributed by atoms with Gasteiger partial charge < -0.3 is 15.0 Å². The van der Waals surface area contributed by atoms with Crippen LogP contribution < -0.4 is 10.5 Å². The predicted molar refractivity (Wildman–Crippen MR) is 82.3 cm³/mol. The molecule has 0 saturated carbocycles. The Labute approximate surface area is 125 Å². The van der Waals surface area contributed by atoms with Crippen LogP contribution in [0.5, 0.6) is 5.75 Å². The van der Waals surface area contributed by atoms with Crippen LogP contribution in [-0.2, 0) is 6.42 Å². The van der Waals surface area contributed by atoms with Crippen LogP contribution in [0.1, 0.15) is 37.3 Å². The van der Waals surface area contributed by atoms with Gasteiger partial charge in [-0.3, -0.25) is 0 Å². The molecule has 2 rings (SSSR count). The Bertz CT molecular complexity index is 584. The smallest absolute Gasteiger partial charge is 0.228 e. The van der Waals surface area contributed by atoms with Gasteiger partial charge >= 0.3 is 0 Å². The lowest BCUT2D eigenvalue weighted by Gasteiger charge is -2.17. The number of ether oxygens (including phenoxy) is 1. The Kier molecular flexibility index (Phi) is 4.96. The molecular formula is C16H23N3O2. The van der Waals surface area contributed by atoms with Gasteiger partial charge in [-0.15, -0.1) is 0 Å². The van der Waals surface area contributed by atoms with Gasteiger partial charge in [0.1, 0.15) is 5.75 Å². The second kappa shape index (κ2) is 6.72. The maximum Gasteiger partial charge on any atom is 0.228 e. The van der Waals surface area contributed by atoms with E-state index in [9.17, 15) is 0 Å². The summed E-state index contributed by atoms with van der Waals surface area (Å²) >= 11 is 0. The standard InChI is InChI=1S/C16H23N3O2/c1-5-12(4)20-15-10(2)8-13(9-11(15)3)16-18-14(6-7-17)21-19-16/h8-9,12H,5-7,17H2,1-4H3. The van der Waals surface area contributed by atoms with Crippen molar-refractivity contribution in [2.45, 2.75) is 46.6 Å². The number of hydrogen-bond acceptors (Lipinski definition) is 5. The molecule has 1 heterocycles. The van der Waals surface area contributed by atoms with Crippen LogP contribution in [0.3, 0.4) is 0 Å². The van der Waals surface area contributed by atoms with Gasteiger partial charge in [0, 0.05) is 18.5 Å². The number of rotatable bonds is 6. The summed E-state index contributed by atoms with van der Waals surface area (Å²) < 4.78 is 11.2. The maximum absolute atomic E-state index is 5.98. The molecule has 0 aliphatic heterocycles. The van der Waals surface area contributed by atoms with E-state index in [0.717, 1.165) is 28.9 Å². The van der Waals surface area contributed by atoms with Crippen LogP contribution >= 0.6 is 0 Å². The van der Waals surface area contributed by atoms with E-state index in [2.05, 4.69) is 24.0 Å². The summed E-state index contributed by atoms with van der Waals surface area (Å²) in [6.07, 6.45) is 1.78. The van der Waals surface area contributed by atoms with Crippen LogP contribution in [-0.4, -0.2) is 22.8 Å². The average molecular weight is 289 g/mol. The normalized spacial score (nSPS) is 12.4. The van der Waals surface area contributed by atoms with Gasteiger partial charge in [-0.2, -0.15) is 4.98 Å². The monoisotopic (exact) mass is 289 g/mol. The molecule has 2 N–H and O–H groups in total. The van der Waals surface area contributed by atoms with Gasteiger partial charge in [0.2, 0.25) is 11.7 Å². The van der Waals surface area contributed by atoms with Crippen molar-refractivity contribution < 1.29 is 9.26 Å². The highest BCUT2D eigenvalue weighted by molar-refractivity contribution is 5.61. The first-order chi connectivity index (χ1) is 10.0. The number of benzene rings is 1. The van der Waals surface area contributed by atoms with E-state index in [1.807, 2.05) is 26.0 Å². The molecule has 0 radical (unpaired) electrons. The van der Waals surface area contributed by atoms with E-state index in [1.54, 1.807) is 0 Å². The van der Waals surface area contributed by atoms with Crippen molar-refractivity contribution in [2.24, 2.45) is 5.73 Å². The third-order valence-electron chi connectivity index (χ3n) is 3.44. The molecule has 2 aromatic rings. The number of aromatic nitrogens is 2. The van der Waals surface area contributed by atoms with E-state index in [0.29, 0.717) is 24.7 Å². The number of nitrogens with two attached hydrogens (primary N) is 1. The molecule has 0 spiro atoms.